The Bertz CT molecular complexity index is 502. The van der Waals surface area contributed by atoms with Gasteiger partial charge in [-0.05, 0) is 24.1 Å². The lowest BCUT2D eigenvalue weighted by atomic mass is 10.00. The van der Waals surface area contributed by atoms with Gasteiger partial charge in [-0.15, -0.1) is 11.8 Å². The Morgan fingerprint density at radius 2 is 2.06 bits per heavy atom. The molecule has 1 N–H and O–H groups in total. The standard InChI is InChI=1S/C14H14O3S/c1-9(14(16)17)11-4-2-10(3-5-11)8-13-12(15)6-7-18-13/h2-5,8-9H,6-7H2,1H3,(H,16,17)/b13-8+. The number of Topliss-reactive ketones (excluding diaryl/α,β-unsaturated/α-hetero) is 1. The van der Waals surface area contributed by atoms with Crippen LogP contribution in [0.3, 0.4) is 0 Å². The van der Waals surface area contributed by atoms with Crippen LogP contribution < -0.4 is 0 Å². The number of carboxylic acids is 1. The molecule has 18 heavy (non-hydrogen) atoms. The lowest BCUT2D eigenvalue weighted by Crippen LogP contribution is -2.06. The van der Waals surface area contributed by atoms with Gasteiger partial charge in [-0.2, -0.15) is 0 Å². The molecule has 1 aliphatic heterocycles. The van der Waals surface area contributed by atoms with E-state index in [1.54, 1.807) is 30.8 Å². The number of hydrogen-bond donors (Lipinski definition) is 1. The van der Waals surface area contributed by atoms with E-state index in [-0.39, 0.29) is 5.78 Å². The fraction of sp³-hybridized carbons (Fsp3) is 0.286. The van der Waals surface area contributed by atoms with Crippen LogP contribution in [0.15, 0.2) is 29.2 Å². The average molecular weight is 262 g/mol. The normalized spacial score (nSPS) is 19.2. The summed E-state index contributed by atoms with van der Waals surface area (Å²) >= 11 is 1.58. The zero-order valence-electron chi connectivity index (χ0n) is 10.1. The van der Waals surface area contributed by atoms with E-state index in [4.69, 9.17) is 5.11 Å². The second-order valence-corrected chi connectivity index (χ2v) is 5.39. The largest absolute Gasteiger partial charge is 0.481 e. The second kappa shape index (κ2) is 5.40. The van der Waals surface area contributed by atoms with E-state index < -0.39 is 11.9 Å². The van der Waals surface area contributed by atoms with Crippen LogP contribution >= 0.6 is 11.8 Å². The molecule has 0 spiro atoms. The first-order chi connectivity index (χ1) is 8.58. The summed E-state index contributed by atoms with van der Waals surface area (Å²) in [6.07, 6.45) is 2.49. The van der Waals surface area contributed by atoms with Gasteiger partial charge < -0.3 is 5.11 Å². The molecule has 0 aromatic heterocycles. The Kier molecular flexibility index (Phi) is 3.87. The van der Waals surface area contributed by atoms with E-state index in [0.29, 0.717) is 6.42 Å². The van der Waals surface area contributed by atoms with Gasteiger partial charge in [0.25, 0.3) is 0 Å². The fourth-order valence-electron chi connectivity index (χ4n) is 1.75. The topological polar surface area (TPSA) is 54.4 Å². The van der Waals surface area contributed by atoms with Gasteiger partial charge in [0.2, 0.25) is 0 Å². The summed E-state index contributed by atoms with van der Waals surface area (Å²) in [4.78, 5) is 23.1. The van der Waals surface area contributed by atoms with Gasteiger partial charge in [0.1, 0.15) is 0 Å². The maximum atomic E-state index is 11.5. The minimum Gasteiger partial charge on any atom is -0.481 e. The molecular formula is C14H14O3S. The van der Waals surface area contributed by atoms with Crippen molar-refractivity contribution in [2.75, 3.05) is 5.75 Å². The predicted molar refractivity (Wildman–Crippen MR) is 72.6 cm³/mol. The van der Waals surface area contributed by atoms with Crippen molar-refractivity contribution in [2.24, 2.45) is 0 Å². The number of ketones is 1. The van der Waals surface area contributed by atoms with Gasteiger partial charge in [-0.25, -0.2) is 0 Å². The van der Waals surface area contributed by atoms with Crippen LogP contribution in [0.4, 0.5) is 0 Å². The van der Waals surface area contributed by atoms with Crippen molar-refractivity contribution < 1.29 is 14.7 Å². The van der Waals surface area contributed by atoms with Crippen molar-refractivity contribution in [2.45, 2.75) is 19.3 Å². The number of aliphatic carboxylic acids is 1. The smallest absolute Gasteiger partial charge is 0.310 e. The summed E-state index contributed by atoms with van der Waals surface area (Å²) < 4.78 is 0. The zero-order valence-corrected chi connectivity index (χ0v) is 10.9. The quantitative estimate of drug-likeness (QED) is 0.851. The summed E-state index contributed by atoms with van der Waals surface area (Å²) in [5.74, 6) is -0.279. The van der Waals surface area contributed by atoms with Crippen molar-refractivity contribution in [3.05, 3.63) is 40.3 Å². The minimum absolute atomic E-state index is 0.197. The molecule has 1 aromatic carbocycles. The van der Waals surface area contributed by atoms with Crippen LogP contribution in [0.2, 0.25) is 0 Å². The molecule has 0 radical (unpaired) electrons. The van der Waals surface area contributed by atoms with E-state index in [2.05, 4.69) is 0 Å². The van der Waals surface area contributed by atoms with Gasteiger partial charge in [-0.3, -0.25) is 9.59 Å². The van der Waals surface area contributed by atoms with Crippen molar-refractivity contribution >= 4 is 29.6 Å². The highest BCUT2D eigenvalue weighted by atomic mass is 32.2. The fourth-order valence-corrected chi connectivity index (χ4v) is 2.74. The number of carbonyl (C=O) groups excluding carboxylic acids is 1. The Morgan fingerprint density at radius 3 is 2.56 bits per heavy atom. The lowest BCUT2D eigenvalue weighted by Gasteiger charge is -2.06. The molecule has 0 amide bonds. The maximum absolute atomic E-state index is 11.5. The summed E-state index contributed by atoms with van der Waals surface area (Å²) in [6.45, 7) is 1.66. The maximum Gasteiger partial charge on any atom is 0.310 e. The van der Waals surface area contributed by atoms with Gasteiger partial charge in [0.15, 0.2) is 5.78 Å². The van der Waals surface area contributed by atoms with Gasteiger partial charge in [0.05, 0.1) is 10.8 Å². The molecule has 0 bridgehead atoms. The molecule has 1 unspecified atom stereocenters. The lowest BCUT2D eigenvalue weighted by molar-refractivity contribution is -0.138. The number of benzene rings is 1. The molecule has 1 heterocycles. The first kappa shape index (κ1) is 12.9. The Hall–Kier alpha value is -1.55. The highest BCUT2D eigenvalue weighted by molar-refractivity contribution is 8.04. The summed E-state index contributed by atoms with van der Waals surface area (Å²) in [5, 5.41) is 8.91. The number of rotatable bonds is 3. The Balaban J connectivity index is 2.18. The molecule has 94 valence electrons. The molecule has 2 rings (SSSR count). The molecule has 0 aliphatic carbocycles. The zero-order chi connectivity index (χ0) is 13.1. The third-order valence-electron chi connectivity index (χ3n) is 2.97. The molecular weight excluding hydrogens is 248 g/mol. The van der Waals surface area contributed by atoms with E-state index >= 15 is 0 Å². The monoisotopic (exact) mass is 262 g/mol. The van der Waals surface area contributed by atoms with Gasteiger partial charge >= 0.3 is 5.97 Å². The summed E-state index contributed by atoms with van der Waals surface area (Å²) in [5.41, 5.74) is 1.71. The highest BCUT2D eigenvalue weighted by Gasteiger charge is 2.17. The Labute approximate surface area is 110 Å². The summed E-state index contributed by atoms with van der Waals surface area (Å²) in [7, 11) is 0. The molecule has 1 fully saturated rings. The second-order valence-electron chi connectivity index (χ2n) is 4.26. The van der Waals surface area contributed by atoms with Crippen molar-refractivity contribution in [3.8, 4) is 0 Å². The number of allylic oxidation sites excluding steroid dienone is 1. The first-order valence-electron chi connectivity index (χ1n) is 5.78. The number of hydrogen-bond acceptors (Lipinski definition) is 3. The molecule has 1 aliphatic rings. The third kappa shape index (κ3) is 2.82. The van der Waals surface area contributed by atoms with Crippen LogP contribution in [-0.4, -0.2) is 22.6 Å². The third-order valence-corrected chi connectivity index (χ3v) is 4.03. The van der Waals surface area contributed by atoms with Crippen LogP contribution in [0, 0.1) is 0 Å². The van der Waals surface area contributed by atoms with Gasteiger partial charge in [-0.1, -0.05) is 24.3 Å². The number of carbonyl (C=O) groups is 2. The van der Waals surface area contributed by atoms with E-state index in [1.807, 2.05) is 18.2 Å². The summed E-state index contributed by atoms with van der Waals surface area (Å²) in [6, 6.07) is 7.31. The van der Waals surface area contributed by atoms with Crippen molar-refractivity contribution in [1.82, 2.24) is 0 Å². The predicted octanol–water partition coefficient (Wildman–Crippen LogP) is 2.92. The molecule has 0 saturated carbocycles. The van der Waals surface area contributed by atoms with Crippen LogP contribution in [0.25, 0.3) is 6.08 Å². The van der Waals surface area contributed by atoms with Crippen LogP contribution in [0.1, 0.15) is 30.4 Å². The highest BCUT2D eigenvalue weighted by Crippen LogP contribution is 2.29. The van der Waals surface area contributed by atoms with E-state index in [1.165, 1.54) is 0 Å². The van der Waals surface area contributed by atoms with Gasteiger partial charge in [0, 0.05) is 12.2 Å². The molecule has 1 saturated heterocycles. The van der Waals surface area contributed by atoms with E-state index in [0.717, 1.165) is 21.8 Å². The number of thioether (sulfide) groups is 1. The van der Waals surface area contributed by atoms with Crippen molar-refractivity contribution in [1.29, 1.82) is 0 Å². The van der Waals surface area contributed by atoms with Crippen LogP contribution in [0.5, 0.6) is 0 Å². The average Bonchev–Trinajstić information content (AvgIpc) is 2.75. The molecule has 4 heteroatoms. The minimum atomic E-state index is -0.831. The molecule has 3 nitrogen and oxygen atoms in total. The van der Waals surface area contributed by atoms with Crippen molar-refractivity contribution in [3.63, 3.8) is 0 Å². The first-order valence-corrected chi connectivity index (χ1v) is 6.77. The molecule has 1 atom stereocenters. The SMILES string of the molecule is CC(C(=O)O)c1ccc(/C=C2/SCCC2=O)cc1. The number of carboxylic acid groups (broad SMARTS) is 1. The van der Waals surface area contributed by atoms with Crippen LogP contribution in [-0.2, 0) is 9.59 Å². The van der Waals surface area contributed by atoms with E-state index in [9.17, 15) is 9.59 Å². The Morgan fingerprint density at radius 1 is 1.39 bits per heavy atom. The molecule has 1 aromatic rings.